The maximum absolute atomic E-state index is 11.6. The third-order valence-corrected chi connectivity index (χ3v) is 3.50. The topological polar surface area (TPSA) is 41.6 Å². The van der Waals surface area contributed by atoms with Crippen LogP contribution in [-0.2, 0) is 16.1 Å². The Morgan fingerprint density at radius 1 is 1.40 bits per heavy atom. The van der Waals surface area contributed by atoms with Crippen LogP contribution in [0.4, 0.5) is 0 Å². The van der Waals surface area contributed by atoms with E-state index in [1.54, 1.807) is 0 Å². The zero-order valence-electron chi connectivity index (χ0n) is 12.3. The Morgan fingerprint density at radius 3 is 2.85 bits per heavy atom. The van der Waals surface area contributed by atoms with Gasteiger partial charge in [-0.05, 0) is 5.56 Å². The van der Waals surface area contributed by atoms with E-state index in [2.05, 4.69) is 34.5 Å². The van der Waals surface area contributed by atoms with Gasteiger partial charge in [0, 0.05) is 32.1 Å². The van der Waals surface area contributed by atoms with Crippen molar-refractivity contribution in [3.8, 4) is 0 Å². The molecule has 2 rings (SSSR count). The second-order valence-corrected chi connectivity index (χ2v) is 5.61. The summed E-state index contributed by atoms with van der Waals surface area (Å²) in [6, 6.07) is 10.5. The molecule has 1 fully saturated rings. The summed E-state index contributed by atoms with van der Waals surface area (Å²) in [6.45, 7) is 7.89. The van der Waals surface area contributed by atoms with Crippen LogP contribution in [0.2, 0.25) is 0 Å². The SMILES string of the molecule is CC(C)C(=O)NC[C@H]1CN(Cc2ccccc2)CCO1. The van der Waals surface area contributed by atoms with Gasteiger partial charge in [-0.15, -0.1) is 0 Å². The Hall–Kier alpha value is -1.39. The monoisotopic (exact) mass is 276 g/mol. The molecule has 0 saturated carbocycles. The molecule has 0 spiro atoms. The fraction of sp³-hybridized carbons (Fsp3) is 0.562. The number of hydrogen-bond donors (Lipinski definition) is 1. The van der Waals surface area contributed by atoms with Gasteiger partial charge in [-0.3, -0.25) is 9.69 Å². The van der Waals surface area contributed by atoms with Gasteiger partial charge in [0.1, 0.15) is 0 Å². The van der Waals surface area contributed by atoms with Gasteiger partial charge < -0.3 is 10.1 Å². The lowest BCUT2D eigenvalue weighted by Gasteiger charge is -2.33. The van der Waals surface area contributed by atoms with E-state index < -0.39 is 0 Å². The summed E-state index contributed by atoms with van der Waals surface area (Å²) in [5.41, 5.74) is 1.32. The van der Waals surface area contributed by atoms with E-state index in [0.29, 0.717) is 6.54 Å². The highest BCUT2D eigenvalue weighted by molar-refractivity contribution is 5.77. The summed E-state index contributed by atoms with van der Waals surface area (Å²) < 4.78 is 5.72. The number of morpholine rings is 1. The van der Waals surface area contributed by atoms with E-state index in [1.165, 1.54) is 5.56 Å². The molecule has 1 aliphatic heterocycles. The summed E-state index contributed by atoms with van der Waals surface area (Å²) in [5, 5.41) is 2.95. The minimum atomic E-state index is 0.0269. The molecule has 4 nitrogen and oxygen atoms in total. The summed E-state index contributed by atoms with van der Waals surface area (Å²) in [4.78, 5) is 14.0. The summed E-state index contributed by atoms with van der Waals surface area (Å²) >= 11 is 0. The smallest absolute Gasteiger partial charge is 0.222 e. The highest BCUT2D eigenvalue weighted by Gasteiger charge is 2.21. The van der Waals surface area contributed by atoms with Crippen molar-refractivity contribution in [2.24, 2.45) is 5.92 Å². The third kappa shape index (κ3) is 4.62. The summed E-state index contributed by atoms with van der Waals surface area (Å²) in [5.74, 6) is 0.118. The molecule has 1 aromatic carbocycles. The van der Waals surface area contributed by atoms with Crippen LogP contribution in [0.1, 0.15) is 19.4 Å². The highest BCUT2D eigenvalue weighted by Crippen LogP contribution is 2.10. The molecular weight excluding hydrogens is 252 g/mol. The lowest BCUT2D eigenvalue weighted by Crippen LogP contribution is -2.47. The molecule has 20 heavy (non-hydrogen) atoms. The fourth-order valence-corrected chi connectivity index (χ4v) is 2.31. The third-order valence-electron chi connectivity index (χ3n) is 3.50. The molecule has 1 heterocycles. The molecule has 1 saturated heterocycles. The maximum atomic E-state index is 11.6. The van der Waals surface area contributed by atoms with Gasteiger partial charge in [0.15, 0.2) is 0 Å². The largest absolute Gasteiger partial charge is 0.374 e. The van der Waals surface area contributed by atoms with Gasteiger partial charge in [-0.1, -0.05) is 44.2 Å². The van der Waals surface area contributed by atoms with E-state index >= 15 is 0 Å². The van der Waals surface area contributed by atoms with Crippen molar-refractivity contribution >= 4 is 5.91 Å². The first-order valence-electron chi connectivity index (χ1n) is 7.30. The molecule has 110 valence electrons. The first kappa shape index (κ1) is 15.0. The van der Waals surface area contributed by atoms with Crippen LogP contribution in [0.3, 0.4) is 0 Å². The molecule has 0 aromatic heterocycles. The number of carbonyl (C=O) groups excluding carboxylic acids is 1. The standard InChI is InChI=1S/C16H24N2O2/c1-13(2)16(19)17-10-15-12-18(8-9-20-15)11-14-6-4-3-5-7-14/h3-7,13,15H,8-12H2,1-2H3,(H,17,19)/t15-/m0/s1. The first-order chi connectivity index (χ1) is 9.65. The van der Waals surface area contributed by atoms with E-state index in [1.807, 2.05) is 19.9 Å². The van der Waals surface area contributed by atoms with Gasteiger partial charge in [-0.25, -0.2) is 0 Å². The second kappa shape index (κ2) is 7.41. The number of carbonyl (C=O) groups is 1. The van der Waals surface area contributed by atoms with E-state index in [0.717, 1.165) is 26.2 Å². The number of ether oxygens (including phenoxy) is 1. The first-order valence-corrected chi connectivity index (χ1v) is 7.30. The molecule has 1 atom stereocenters. The van der Waals surface area contributed by atoms with Crippen LogP contribution in [0.5, 0.6) is 0 Å². The Morgan fingerprint density at radius 2 is 2.15 bits per heavy atom. The second-order valence-electron chi connectivity index (χ2n) is 5.61. The number of hydrogen-bond acceptors (Lipinski definition) is 3. The number of benzene rings is 1. The van der Waals surface area contributed by atoms with Crippen molar-refractivity contribution in [1.82, 2.24) is 10.2 Å². The van der Waals surface area contributed by atoms with Crippen LogP contribution in [0.25, 0.3) is 0 Å². The zero-order chi connectivity index (χ0) is 14.4. The van der Waals surface area contributed by atoms with Crippen LogP contribution in [0.15, 0.2) is 30.3 Å². The Balaban J connectivity index is 1.78. The molecule has 1 aromatic rings. The molecule has 1 N–H and O–H groups in total. The number of nitrogens with one attached hydrogen (secondary N) is 1. The van der Waals surface area contributed by atoms with E-state index in [9.17, 15) is 4.79 Å². The van der Waals surface area contributed by atoms with Crippen LogP contribution in [-0.4, -0.2) is 43.2 Å². The van der Waals surface area contributed by atoms with Crippen molar-refractivity contribution in [1.29, 1.82) is 0 Å². The highest BCUT2D eigenvalue weighted by atomic mass is 16.5. The van der Waals surface area contributed by atoms with Gasteiger partial charge in [-0.2, -0.15) is 0 Å². The molecular formula is C16H24N2O2. The van der Waals surface area contributed by atoms with Crippen LogP contribution < -0.4 is 5.32 Å². The van der Waals surface area contributed by atoms with Gasteiger partial charge in [0.05, 0.1) is 12.7 Å². The van der Waals surface area contributed by atoms with Crippen LogP contribution in [0, 0.1) is 5.92 Å². The molecule has 0 radical (unpaired) electrons. The number of nitrogens with zero attached hydrogens (tertiary/aromatic N) is 1. The van der Waals surface area contributed by atoms with Gasteiger partial charge >= 0.3 is 0 Å². The minimum absolute atomic E-state index is 0.0269. The quantitative estimate of drug-likeness (QED) is 0.889. The Kier molecular flexibility index (Phi) is 5.56. The molecule has 0 unspecified atom stereocenters. The Bertz CT molecular complexity index is 420. The Labute approximate surface area is 121 Å². The van der Waals surface area contributed by atoms with Crippen LogP contribution >= 0.6 is 0 Å². The predicted octanol–water partition coefficient (Wildman–Crippen LogP) is 1.66. The molecule has 0 aliphatic carbocycles. The normalized spacial score (nSPS) is 20.1. The summed E-state index contributed by atoms with van der Waals surface area (Å²) in [7, 11) is 0. The summed E-state index contributed by atoms with van der Waals surface area (Å²) in [6.07, 6.45) is 0.0927. The van der Waals surface area contributed by atoms with Crippen molar-refractivity contribution < 1.29 is 9.53 Å². The lowest BCUT2D eigenvalue weighted by molar-refractivity contribution is -0.125. The predicted molar refractivity (Wildman–Crippen MR) is 79.3 cm³/mol. The van der Waals surface area contributed by atoms with E-state index in [-0.39, 0.29) is 17.9 Å². The van der Waals surface area contributed by atoms with Gasteiger partial charge in [0.2, 0.25) is 5.91 Å². The average molecular weight is 276 g/mol. The van der Waals surface area contributed by atoms with Crippen molar-refractivity contribution in [2.75, 3.05) is 26.2 Å². The average Bonchev–Trinajstić information content (AvgIpc) is 2.46. The fourth-order valence-electron chi connectivity index (χ4n) is 2.31. The van der Waals surface area contributed by atoms with Crippen molar-refractivity contribution in [3.05, 3.63) is 35.9 Å². The van der Waals surface area contributed by atoms with Gasteiger partial charge in [0.25, 0.3) is 0 Å². The molecule has 1 aliphatic rings. The minimum Gasteiger partial charge on any atom is -0.374 e. The lowest BCUT2D eigenvalue weighted by atomic mass is 10.1. The molecule has 0 bridgehead atoms. The van der Waals surface area contributed by atoms with Crippen molar-refractivity contribution in [2.45, 2.75) is 26.5 Å². The molecule has 4 heteroatoms. The zero-order valence-corrected chi connectivity index (χ0v) is 12.3. The number of rotatable bonds is 5. The van der Waals surface area contributed by atoms with Crippen molar-refractivity contribution in [3.63, 3.8) is 0 Å². The number of amides is 1. The maximum Gasteiger partial charge on any atom is 0.222 e. The molecule has 1 amide bonds. The van der Waals surface area contributed by atoms with E-state index in [4.69, 9.17) is 4.74 Å².